The smallest absolute Gasteiger partial charge is 0.347 e. The quantitative estimate of drug-likeness (QED) is 0.124. The first-order valence-corrected chi connectivity index (χ1v) is 13.7. The van der Waals surface area contributed by atoms with Crippen molar-refractivity contribution >= 4 is 23.7 Å². The minimum absolute atomic E-state index is 0.0189. The topological polar surface area (TPSA) is 218 Å². The van der Waals surface area contributed by atoms with Crippen LogP contribution < -0.4 is 37.1 Å². The Morgan fingerprint density at radius 3 is 2.71 bits per heavy atom. The maximum atomic E-state index is 13.6. The average Bonchev–Trinajstić information content (AvgIpc) is 3.42. The fourth-order valence-electron chi connectivity index (χ4n) is 6.54. The number of para-hydroxylation sites is 1. The molecule has 1 spiro atoms. The van der Waals surface area contributed by atoms with Crippen molar-refractivity contribution in [2.75, 3.05) is 26.7 Å². The lowest BCUT2D eigenvalue weighted by atomic mass is 9.79. The number of hydrogen-bond acceptors (Lipinski definition) is 11. The van der Waals surface area contributed by atoms with Gasteiger partial charge in [0.15, 0.2) is 6.04 Å². The molecule has 2 amide bonds. The largest absolute Gasteiger partial charge is 0.492 e. The molecule has 4 atom stereocenters. The fraction of sp³-hybridized carbons (Fsp3) is 0.481. The van der Waals surface area contributed by atoms with Crippen LogP contribution in [-0.2, 0) is 5.41 Å². The summed E-state index contributed by atoms with van der Waals surface area (Å²) in [7, 11) is 1.58. The summed E-state index contributed by atoms with van der Waals surface area (Å²) in [6.07, 6.45) is 3.75. The number of nitrogens with two attached hydrogens (primary N) is 2. The molecule has 10 N–H and O–H groups in total. The molecule has 5 heterocycles. The minimum Gasteiger partial charge on any atom is -0.492 e. The van der Waals surface area contributed by atoms with Crippen molar-refractivity contribution in [1.82, 2.24) is 30.8 Å². The Balaban J connectivity index is 1.29. The number of fused-ring (bicyclic) bond motifs is 1. The molecule has 1 aromatic heterocycles. The molecule has 0 bridgehead atoms. The first kappa shape index (κ1) is 27.7. The lowest BCUT2D eigenvalue weighted by Crippen LogP contribution is -2.92. The molecule has 4 aliphatic rings. The van der Waals surface area contributed by atoms with E-state index in [1.54, 1.807) is 25.2 Å². The number of carbonyl (C=O) groups is 2. The van der Waals surface area contributed by atoms with Gasteiger partial charge in [0.2, 0.25) is 5.82 Å². The van der Waals surface area contributed by atoms with Crippen LogP contribution in [0.3, 0.4) is 0 Å². The number of amides is 2. The maximum absolute atomic E-state index is 13.6. The Bertz CT molecular complexity index is 1510. The lowest BCUT2D eigenvalue weighted by Gasteiger charge is -2.41. The van der Waals surface area contributed by atoms with Crippen molar-refractivity contribution in [3.05, 3.63) is 53.6 Å². The van der Waals surface area contributed by atoms with Crippen LogP contribution in [0.1, 0.15) is 46.8 Å². The first-order chi connectivity index (χ1) is 19.9. The van der Waals surface area contributed by atoms with Crippen LogP contribution in [0.4, 0.5) is 0 Å². The van der Waals surface area contributed by atoms with Crippen molar-refractivity contribution < 1.29 is 34.1 Å². The average molecular weight is 581 g/mol. The van der Waals surface area contributed by atoms with Crippen LogP contribution >= 0.6 is 0 Å². The molecule has 1 aromatic carbocycles. The van der Waals surface area contributed by atoms with Crippen LogP contribution in [0.5, 0.6) is 5.75 Å². The highest BCUT2D eigenvalue weighted by Crippen LogP contribution is 2.41. The van der Waals surface area contributed by atoms with Crippen LogP contribution in [0.2, 0.25) is 0 Å². The van der Waals surface area contributed by atoms with E-state index < -0.39 is 41.4 Å². The fourth-order valence-corrected chi connectivity index (χ4v) is 6.54. The van der Waals surface area contributed by atoms with Gasteiger partial charge in [-0.15, -0.1) is 0 Å². The number of nitrogens with zero attached hydrogens (tertiary/aromatic N) is 4. The number of benzene rings is 1. The van der Waals surface area contributed by atoms with Crippen LogP contribution in [0, 0.1) is 0 Å². The minimum atomic E-state index is -2.58. The zero-order valence-electron chi connectivity index (χ0n) is 23.6. The summed E-state index contributed by atoms with van der Waals surface area (Å²) in [4.78, 5) is 39.1. The maximum Gasteiger partial charge on any atom is 0.347 e. The van der Waals surface area contributed by atoms with E-state index in [4.69, 9.17) is 16.2 Å². The van der Waals surface area contributed by atoms with E-state index in [1.807, 2.05) is 6.07 Å². The van der Waals surface area contributed by atoms with Crippen molar-refractivity contribution in [2.24, 2.45) is 11.5 Å². The van der Waals surface area contributed by atoms with E-state index >= 15 is 0 Å². The summed E-state index contributed by atoms with van der Waals surface area (Å²) in [5.41, 5.74) is 12.0. The molecule has 2 aromatic rings. The molecule has 1 saturated heterocycles. The number of rotatable bonds is 5. The van der Waals surface area contributed by atoms with Crippen molar-refractivity contribution in [3.8, 4) is 5.75 Å². The van der Waals surface area contributed by atoms with Crippen LogP contribution in [0.15, 0.2) is 36.7 Å². The van der Waals surface area contributed by atoms with Crippen molar-refractivity contribution in [1.29, 1.82) is 0 Å². The van der Waals surface area contributed by atoms with E-state index in [1.165, 1.54) is 21.9 Å². The summed E-state index contributed by atoms with van der Waals surface area (Å²) < 4.78 is 7.45. The van der Waals surface area contributed by atoms with E-state index in [-0.39, 0.29) is 36.2 Å². The van der Waals surface area contributed by atoms with Gasteiger partial charge in [-0.1, -0.05) is 26.0 Å². The molecule has 15 heteroatoms. The molecule has 0 aliphatic carbocycles. The molecule has 222 valence electrons. The number of hydrogen-bond donors (Lipinski definition) is 8. The molecule has 4 aliphatic heterocycles. The number of likely N-dealkylation sites (N-methyl/N-ethyl adjacent to an activating group) is 1. The Morgan fingerprint density at radius 2 is 1.98 bits per heavy atom. The van der Waals surface area contributed by atoms with Crippen molar-refractivity contribution in [2.45, 2.75) is 55.3 Å². The van der Waals surface area contributed by atoms with E-state index in [0.29, 0.717) is 17.9 Å². The summed E-state index contributed by atoms with van der Waals surface area (Å²) in [5, 5.41) is 32.6. The lowest BCUT2D eigenvalue weighted by molar-refractivity contribution is -0.674. The molecule has 0 saturated carbocycles. The Hall–Kier alpha value is -4.50. The molecule has 0 radical (unpaired) electrons. The predicted molar refractivity (Wildman–Crippen MR) is 148 cm³/mol. The summed E-state index contributed by atoms with van der Waals surface area (Å²) in [5.74, 6) is -2.82. The second kappa shape index (κ2) is 9.52. The first-order valence-electron chi connectivity index (χ1n) is 13.7. The molecule has 6 rings (SSSR count). The van der Waals surface area contributed by atoms with Gasteiger partial charge in [-0.3, -0.25) is 31.4 Å². The Kier molecular flexibility index (Phi) is 6.27. The standard InChI is InChI=1S/C27H34N10O5/c1-25(2)8-11-42-18-14(6-4-7-15(18)25)21(38)33-17-13-37-24(29)32-16(12-36(3)22(39)20-30-9-5-10-31-20)19-26(37,27(17,40)41)35-23(28)34-19/h4-7,9-10,16-17,19,40-41H,8,11-13H2,1-3H3,(H6,28,29,32,33,34,35,38)/p+2/t16-,17?,19-,26-/m0/s1. The zero-order valence-corrected chi connectivity index (χ0v) is 23.6. The Labute approximate surface area is 241 Å². The SMILES string of the molecule is CN(C[C@@H]1NC(N)=[N+]2CC(NC(=O)c3cccc4c3OCCC4(C)C)C(O)(O)[C@@]23NC(N)=[NH+][C@@H]13)C(=O)c1ncccn1. The van der Waals surface area contributed by atoms with Crippen LogP contribution in [0.25, 0.3) is 0 Å². The highest BCUT2D eigenvalue weighted by molar-refractivity contribution is 5.98. The number of aromatic nitrogens is 2. The van der Waals surface area contributed by atoms with Gasteiger partial charge < -0.3 is 25.2 Å². The molecule has 15 nitrogen and oxygen atoms in total. The van der Waals surface area contributed by atoms with E-state index in [9.17, 15) is 19.8 Å². The van der Waals surface area contributed by atoms with E-state index in [0.717, 1.165) is 12.0 Å². The zero-order chi connectivity index (χ0) is 30.0. The highest BCUT2D eigenvalue weighted by Gasteiger charge is 2.78. The molecular formula is C27H36N10O5+2. The molecule has 42 heavy (non-hydrogen) atoms. The molecule has 1 unspecified atom stereocenters. The van der Waals surface area contributed by atoms with Gasteiger partial charge in [0.25, 0.3) is 23.3 Å². The van der Waals surface area contributed by atoms with Gasteiger partial charge >= 0.3 is 11.9 Å². The van der Waals surface area contributed by atoms with Gasteiger partial charge in [-0.2, -0.15) is 0 Å². The second-order valence-corrected chi connectivity index (χ2v) is 11.8. The third-order valence-electron chi connectivity index (χ3n) is 8.79. The monoisotopic (exact) mass is 580 g/mol. The second-order valence-electron chi connectivity index (χ2n) is 11.8. The van der Waals surface area contributed by atoms with Gasteiger partial charge in [0.05, 0.1) is 25.3 Å². The van der Waals surface area contributed by atoms with Crippen molar-refractivity contribution in [3.63, 3.8) is 0 Å². The molecule has 1 fully saturated rings. The normalized spacial score (nSPS) is 28.2. The molecular weight excluding hydrogens is 544 g/mol. The number of aliphatic hydroxyl groups is 2. The predicted octanol–water partition coefficient (Wildman–Crippen LogP) is -4.54. The van der Waals surface area contributed by atoms with Gasteiger partial charge in [0.1, 0.15) is 17.8 Å². The number of guanidine groups is 2. The summed E-state index contributed by atoms with van der Waals surface area (Å²) in [6.45, 7) is 4.67. The van der Waals surface area contributed by atoms with Gasteiger partial charge in [0, 0.05) is 25.0 Å². The summed E-state index contributed by atoms with van der Waals surface area (Å²) in [6, 6.07) is 4.34. The third kappa shape index (κ3) is 4.02. The van der Waals surface area contributed by atoms with Gasteiger partial charge in [-0.25, -0.2) is 19.9 Å². The highest BCUT2D eigenvalue weighted by atomic mass is 16.5. The number of carbonyl (C=O) groups excluding carboxylic acids is 2. The number of nitrogens with one attached hydrogen (secondary N) is 4. The van der Waals surface area contributed by atoms with Crippen LogP contribution in [-0.4, -0.2) is 110 Å². The number of ether oxygens (including phenoxy) is 1. The third-order valence-corrected chi connectivity index (χ3v) is 8.79. The van der Waals surface area contributed by atoms with E-state index in [2.05, 4.69) is 44.8 Å². The Morgan fingerprint density at radius 1 is 1.24 bits per heavy atom. The van der Waals surface area contributed by atoms with Gasteiger partial charge in [-0.05, 0) is 24.0 Å². The summed E-state index contributed by atoms with van der Waals surface area (Å²) >= 11 is 0.